The summed E-state index contributed by atoms with van der Waals surface area (Å²) in [6.45, 7) is 1.08. The zero-order chi connectivity index (χ0) is 18.0. The third-order valence-corrected chi connectivity index (χ3v) is 4.93. The third kappa shape index (κ3) is 3.42. The first kappa shape index (κ1) is 17.5. The van der Waals surface area contributed by atoms with E-state index in [4.69, 9.17) is 14.2 Å². The van der Waals surface area contributed by atoms with E-state index in [-0.39, 0.29) is 18.4 Å². The number of likely N-dealkylation sites (tertiary alicyclic amines) is 1. The van der Waals surface area contributed by atoms with Crippen LogP contribution in [0.3, 0.4) is 0 Å². The molecule has 1 N–H and O–H groups in total. The van der Waals surface area contributed by atoms with Crippen LogP contribution in [0.25, 0.3) is 0 Å². The minimum Gasteiger partial charge on any atom is -0.497 e. The third-order valence-electron chi connectivity index (χ3n) is 4.93. The van der Waals surface area contributed by atoms with Crippen molar-refractivity contribution < 1.29 is 28.9 Å². The second kappa shape index (κ2) is 7.31. The van der Waals surface area contributed by atoms with Crippen LogP contribution in [0.2, 0.25) is 0 Å². The highest BCUT2D eigenvalue weighted by Crippen LogP contribution is 2.43. The lowest BCUT2D eigenvalue weighted by Crippen LogP contribution is -2.36. The van der Waals surface area contributed by atoms with E-state index in [1.54, 1.807) is 30.2 Å². The van der Waals surface area contributed by atoms with Crippen LogP contribution in [-0.2, 0) is 14.3 Å². The Labute approximate surface area is 146 Å². The molecule has 7 nitrogen and oxygen atoms in total. The average Bonchev–Trinajstić information content (AvgIpc) is 3.23. The molecule has 136 valence electrons. The van der Waals surface area contributed by atoms with Crippen molar-refractivity contribution in [3.05, 3.63) is 23.8 Å². The van der Waals surface area contributed by atoms with Crippen molar-refractivity contribution in [1.29, 1.82) is 0 Å². The molecule has 3 rings (SSSR count). The second-order valence-corrected chi connectivity index (χ2v) is 6.38. The number of carboxylic acid groups (broad SMARTS) is 1. The van der Waals surface area contributed by atoms with Gasteiger partial charge in [-0.2, -0.15) is 0 Å². The van der Waals surface area contributed by atoms with Gasteiger partial charge in [0.1, 0.15) is 11.5 Å². The molecular weight excluding hydrogens is 326 g/mol. The van der Waals surface area contributed by atoms with Gasteiger partial charge < -0.3 is 24.2 Å². The van der Waals surface area contributed by atoms with Crippen LogP contribution in [0.4, 0.5) is 0 Å². The second-order valence-electron chi connectivity index (χ2n) is 6.38. The summed E-state index contributed by atoms with van der Waals surface area (Å²) in [5, 5.41) is 9.65. The normalized spacial score (nSPS) is 26.1. The number of amides is 1. The summed E-state index contributed by atoms with van der Waals surface area (Å²) in [4.78, 5) is 26.0. The molecule has 0 aliphatic carbocycles. The number of benzene rings is 1. The van der Waals surface area contributed by atoms with Gasteiger partial charge in [0, 0.05) is 25.1 Å². The van der Waals surface area contributed by atoms with E-state index >= 15 is 0 Å². The molecule has 3 atom stereocenters. The number of rotatable bonds is 6. The summed E-state index contributed by atoms with van der Waals surface area (Å²) in [7, 11) is 3.08. The van der Waals surface area contributed by atoms with E-state index in [1.165, 1.54) is 7.11 Å². The van der Waals surface area contributed by atoms with Gasteiger partial charge in [-0.1, -0.05) is 0 Å². The molecule has 0 spiro atoms. The van der Waals surface area contributed by atoms with Crippen LogP contribution in [0.1, 0.15) is 30.9 Å². The van der Waals surface area contributed by atoms with Crippen LogP contribution in [0.15, 0.2) is 18.2 Å². The lowest BCUT2D eigenvalue weighted by atomic mass is 9.92. The van der Waals surface area contributed by atoms with Gasteiger partial charge >= 0.3 is 5.97 Å². The zero-order valence-corrected chi connectivity index (χ0v) is 14.4. The Morgan fingerprint density at radius 3 is 2.76 bits per heavy atom. The van der Waals surface area contributed by atoms with Gasteiger partial charge in [-0.05, 0) is 31.0 Å². The van der Waals surface area contributed by atoms with Crippen molar-refractivity contribution >= 4 is 11.9 Å². The standard InChI is InChI=1S/C18H23NO6/c1-23-11-5-6-15(24-2)13(8-11)17-14(18(21)22)9-16(20)19(17)10-12-4-3-7-25-12/h5-6,8,12,14,17H,3-4,7,9-10H2,1-2H3,(H,21,22)/t12-,14+,17-/m1/s1. The number of carbonyl (C=O) groups is 2. The number of hydrogen-bond donors (Lipinski definition) is 1. The Morgan fingerprint density at radius 2 is 2.16 bits per heavy atom. The maximum absolute atomic E-state index is 12.5. The van der Waals surface area contributed by atoms with Crippen molar-refractivity contribution in [1.82, 2.24) is 4.90 Å². The minimum atomic E-state index is -0.988. The zero-order valence-electron chi connectivity index (χ0n) is 14.4. The molecule has 2 heterocycles. The van der Waals surface area contributed by atoms with E-state index in [9.17, 15) is 14.7 Å². The monoisotopic (exact) mass is 349 g/mol. The molecule has 25 heavy (non-hydrogen) atoms. The topological polar surface area (TPSA) is 85.3 Å². The van der Waals surface area contributed by atoms with E-state index in [0.29, 0.717) is 30.2 Å². The molecule has 2 fully saturated rings. The fourth-order valence-corrected chi connectivity index (χ4v) is 3.69. The number of carbonyl (C=O) groups excluding carboxylic acids is 1. The number of hydrogen-bond acceptors (Lipinski definition) is 5. The van der Waals surface area contributed by atoms with Gasteiger partial charge in [-0.25, -0.2) is 0 Å². The Hall–Kier alpha value is -2.28. The smallest absolute Gasteiger partial charge is 0.309 e. The Morgan fingerprint density at radius 1 is 1.36 bits per heavy atom. The molecule has 2 aliphatic heterocycles. The molecule has 1 aromatic carbocycles. The van der Waals surface area contributed by atoms with Crippen molar-refractivity contribution in [2.45, 2.75) is 31.4 Å². The van der Waals surface area contributed by atoms with E-state index in [2.05, 4.69) is 0 Å². The molecular formula is C18H23NO6. The van der Waals surface area contributed by atoms with Crippen molar-refractivity contribution in [3.63, 3.8) is 0 Å². The van der Waals surface area contributed by atoms with E-state index in [1.807, 2.05) is 0 Å². The molecule has 7 heteroatoms. The first-order valence-electron chi connectivity index (χ1n) is 8.41. The Kier molecular flexibility index (Phi) is 5.13. The number of nitrogens with zero attached hydrogens (tertiary/aromatic N) is 1. The fraction of sp³-hybridized carbons (Fsp3) is 0.556. The average molecular weight is 349 g/mol. The van der Waals surface area contributed by atoms with Crippen LogP contribution in [-0.4, -0.2) is 55.4 Å². The first-order chi connectivity index (χ1) is 12.0. The summed E-state index contributed by atoms with van der Waals surface area (Å²) < 4.78 is 16.3. The Bertz CT molecular complexity index is 655. The Balaban J connectivity index is 2.00. The highest BCUT2D eigenvalue weighted by atomic mass is 16.5. The summed E-state index contributed by atoms with van der Waals surface area (Å²) in [6, 6.07) is 4.64. The molecule has 0 unspecified atom stereocenters. The summed E-state index contributed by atoms with van der Waals surface area (Å²) in [6.07, 6.45) is 1.77. The van der Waals surface area contributed by atoms with E-state index in [0.717, 1.165) is 12.8 Å². The quantitative estimate of drug-likeness (QED) is 0.844. The molecule has 0 bridgehead atoms. The molecule has 1 amide bonds. The lowest BCUT2D eigenvalue weighted by molar-refractivity contribution is -0.142. The number of aliphatic carboxylic acids is 1. The molecule has 1 aromatic rings. The van der Waals surface area contributed by atoms with Gasteiger partial charge in [-0.3, -0.25) is 9.59 Å². The predicted molar refractivity (Wildman–Crippen MR) is 88.7 cm³/mol. The number of methoxy groups -OCH3 is 2. The summed E-state index contributed by atoms with van der Waals surface area (Å²) in [5.74, 6) is -0.841. The van der Waals surface area contributed by atoms with Crippen LogP contribution >= 0.6 is 0 Å². The van der Waals surface area contributed by atoms with Crippen molar-refractivity contribution in [3.8, 4) is 11.5 Å². The summed E-state index contributed by atoms with van der Waals surface area (Å²) >= 11 is 0. The maximum Gasteiger partial charge on any atom is 0.309 e. The van der Waals surface area contributed by atoms with Gasteiger partial charge in [0.05, 0.1) is 32.3 Å². The first-order valence-corrected chi connectivity index (χ1v) is 8.41. The SMILES string of the molecule is COc1ccc(OC)c([C@@H]2[C@@H](C(=O)O)CC(=O)N2C[C@H]2CCCO2)c1. The highest BCUT2D eigenvalue weighted by molar-refractivity contribution is 5.87. The minimum absolute atomic E-state index is 0.0207. The number of ether oxygens (including phenoxy) is 3. The van der Waals surface area contributed by atoms with Crippen LogP contribution in [0, 0.1) is 5.92 Å². The predicted octanol–water partition coefficient (Wildman–Crippen LogP) is 1.86. The van der Waals surface area contributed by atoms with E-state index < -0.39 is 17.9 Å². The molecule has 0 radical (unpaired) electrons. The fourth-order valence-electron chi connectivity index (χ4n) is 3.69. The molecule has 0 aromatic heterocycles. The van der Waals surface area contributed by atoms with Gasteiger partial charge in [0.15, 0.2) is 0 Å². The van der Waals surface area contributed by atoms with Crippen molar-refractivity contribution in [2.75, 3.05) is 27.4 Å². The van der Waals surface area contributed by atoms with Gasteiger partial charge in [0.2, 0.25) is 5.91 Å². The molecule has 0 saturated carbocycles. The number of carboxylic acids is 1. The molecule has 2 saturated heterocycles. The highest BCUT2D eigenvalue weighted by Gasteiger charge is 2.46. The van der Waals surface area contributed by atoms with Gasteiger partial charge in [-0.15, -0.1) is 0 Å². The lowest BCUT2D eigenvalue weighted by Gasteiger charge is -2.30. The van der Waals surface area contributed by atoms with Crippen molar-refractivity contribution in [2.24, 2.45) is 5.92 Å². The van der Waals surface area contributed by atoms with Gasteiger partial charge in [0.25, 0.3) is 0 Å². The summed E-state index contributed by atoms with van der Waals surface area (Å²) in [5.41, 5.74) is 0.651. The maximum atomic E-state index is 12.5. The largest absolute Gasteiger partial charge is 0.497 e. The van der Waals surface area contributed by atoms with Crippen LogP contribution < -0.4 is 9.47 Å². The molecule has 2 aliphatic rings. The van der Waals surface area contributed by atoms with Crippen LogP contribution in [0.5, 0.6) is 11.5 Å².